The van der Waals surface area contributed by atoms with Gasteiger partial charge in [-0.15, -0.1) is 0 Å². The molecule has 0 atom stereocenters. The molecule has 2 N–H and O–H groups in total. The van der Waals surface area contributed by atoms with Crippen LogP contribution in [0.25, 0.3) is 26.4 Å². The standard InChI is InChI=1S/C31H37N7O5S2/c1-31(2,3)27-19-28(35-43-27)34-29(39)32-22-8-6-21(7-9-22)24-20-38-25-11-10-23(18-26(25)44-30(38)33-24)42-17-5-12-36-13-15-37(16-14-36)45(4,40)41/h6-11,18-20H,5,12-17H2,1-4H3,(H2,32,34,35,39). The second-order valence-corrected chi connectivity index (χ2v) is 15.2. The quantitative estimate of drug-likeness (QED) is 0.200. The third kappa shape index (κ3) is 7.30. The minimum atomic E-state index is -3.11. The molecule has 4 heterocycles. The van der Waals surface area contributed by atoms with Crippen molar-refractivity contribution in [1.29, 1.82) is 0 Å². The Labute approximate surface area is 266 Å². The van der Waals surface area contributed by atoms with Crippen molar-refractivity contribution in [2.75, 3.05) is 56.2 Å². The third-order valence-electron chi connectivity index (χ3n) is 7.68. The van der Waals surface area contributed by atoms with Gasteiger partial charge in [-0.2, -0.15) is 4.31 Å². The zero-order chi connectivity index (χ0) is 31.8. The third-order valence-corrected chi connectivity index (χ3v) is 10.0. The fraction of sp³-hybridized carbons (Fsp3) is 0.387. The Bertz CT molecular complexity index is 1920. The Balaban J connectivity index is 1.02. The predicted octanol–water partition coefficient (Wildman–Crippen LogP) is 5.49. The Morgan fingerprint density at radius 3 is 2.49 bits per heavy atom. The van der Waals surface area contributed by atoms with Crippen LogP contribution in [-0.4, -0.2) is 83.8 Å². The lowest BCUT2D eigenvalue weighted by molar-refractivity contribution is 0.175. The van der Waals surface area contributed by atoms with E-state index in [4.69, 9.17) is 14.2 Å². The number of thiazole rings is 1. The number of carbonyl (C=O) groups is 1. The fourth-order valence-electron chi connectivity index (χ4n) is 5.16. The number of nitrogens with one attached hydrogen (secondary N) is 2. The SMILES string of the molecule is CC(C)(C)c1cc(NC(=O)Nc2ccc(-c3cn4c(n3)sc3cc(OCCCN5CCN(S(C)(=O)=O)CC5)ccc34)cc2)no1. The van der Waals surface area contributed by atoms with Gasteiger partial charge in [0.15, 0.2) is 10.8 Å². The van der Waals surface area contributed by atoms with Crippen molar-refractivity contribution in [3.63, 3.8) is 0 Å². The van der Waals surface area contributed by atoms with E-state index in [1.807, 2.05) is 63.4 Å². The van der Waals surface area contributed by atoms with Gasteiger partial charge >= 0.3 is 6.03 Å². The van der Waals surface area contributed by atoms with Crippen LogP contribution in [0.15, 0.2) is 59.3 Å². The highest BCUT2D eigenvalue weighted by atomic mass is 32.2. The molecule has 0 saturated carbocycles. The highest BCUT2D eigenvalue weighted by Gasteiger charge is 2.23. The molecule has 14 heteroatoms. The summed E-state index contributed by atoms with van der Waals surface area (Å²) in [6.07, 6.45) is 4.15. The molecule has 3 aromatic heterocycles. The number of nitrogens with zero attached hydrogens (tertiary/aromatic N) is 5. The topological polar surface area (TPSA) is 134 Å². The van der Waals surface area contributed by atoms with E-state index in [2.05, 4.69) is 31.2 Å². The van der Waals surface area contributed by atoms with Gasteiger partial charge in [0.05, 0.1) is 28.8 Å². The first-order chi connectivity index (χ1) is 21.4. The second kappa shape index (κ2) is 12.4. The molecule has 2 aromatic carbocycles. The van der Waals surface area contributed by atoms with Crippen molar-refractivity contribution < 1.29 is 22.5 Å². The van der Waals surface area contributed by atoms with Gasteiger partial charge in [0.25, 0.3) is 0 Å². The summed E-state index contributed by atoms with van der Waals surface area (Å²) in [6, 6.07) is 14.9. The highest BCUT2D eigenvalue weighted by Crippen LogP contribution is 2.32. The summed E-state index contributed by atoms with van der Waals surface area (Å²) in [5.41, 5.74) is 3.28. The largest absolute Gasteiger partial charge is 0.493 e. The molecule has 1 saturated heterocycles. The molecule has 1 aliphatic heterocycles. The van der Waals surface area contributed by atoms with Crippen LogP contribution in [0.2, 0.25) is 0 Å². The van der Waals surface area contributed by atoms with Gasteiger partial charge in [-0.05, 0) is 36.8 Å². The smallest absolute Gasteiger partial charge is 0.324 e. The Kier molecular flexibility index (Phi) is 8.57. The fourth-order valence-corrected chi connectivity index (χ4v) is 7.03. The number of urea groups is 1. The van der Waals surface area contributed by atoms with Crippen LogP contribution >= 0.6 is 11.3 Å². The van der Waals surface area contributed by atoms with Crippen molar-refractivity contribution >= 4 is 54.1 Å². The van der Waals surface area contributed by atoms with Crippen molar-refractivity contribution in [2.45, 2.75) is 32.6 Å². The Morgan fingerprint density at radius 2 is 1.80 bits per heavy atom. The van der Waals surface area contributed by atoms with Crippen molar-refractivity contribution in [3.05, 3.63) is 60.5 Å². The summed E-state index contributed by atoms with van der Waals surface area (Å²) in [6.45, 7) is 10.1. The van der Waals surface area contributed by atoms with Crippen molar-refractivity contribution in [1.82, 2.24) is 23.7 Å². The molecule has 0 radical (unpaired) electrons. The van der Waals surface area contributed by atoms with E-state index in [-0.39, 0.29) is 5.41 Å². The van der Waals surface area contributed by atoms with Gasteiger partial charge in [-0.1, -0.05) is 49.4 Å². The number of piperazine rings is 1. The molecule has 5 aromatic rings. The van der Waals surface area contributed by atoms with Crippen LogP contribution in [-0.2, 0) is 15.4 Å². The molecular weight excluding hydrogens is 615 g/mol. The molecule has 0 spiro atoms. The summed E-state index contributed by atoms with van der Waals surface area (Å²) in [5, 5.41) is 9.44. The number of imidazole rings is 1. The second-order valence-electron chi connectivity index (χ2n) is 12.2. The lowest BCUT2D eigenvalue weighted by Crippen LogP contribution is -2.48. The van der Waals surface area contributed by atoms with Crippen LogP contribution in [0.3, 0.4) is 0 Å². The number of amides is 2. The number of carbonyl (C=O) groups excluding carboxylic acids is 1. The molecule has 0 unspecified atom stereocenters. The number of benzene rings is 2. The Morgan fingerprint density at radius 1 is 1.04 bits per heavy atom. The lowest BCUT2D eigenvalue weighted by atomic mass is 9.93. The number of anilines is 2. The molecule has 6 rings (SSSR count). The van der Waals surface area contributed by atoms with E-state index in [1.165, 1.54) is 10.6 Å². The average molecular weight is 652 g/mol. The zero-order valence-corrected chi connectivity index (χ0v) is 27.4. The molecule has 0 aliphatic carbocycles. The number of rotatable bonds is 9. The molecule has 45 heavy (non-hydrogen) atoms. The van der Waals surface area contributed by atoms with Gasteiger partial charge in [0.2, 0.25) is 10.0 Å². The van der Waals surface area contributed by atoms with Crippen LogP contribution in [0.5, 0.6) is 5.75 Å². The van der Waals surface area contributed by atoms with E-state index >= 15 is 0 Å². The maximum absolute atomic E-state index is 12.5. The van der Waals surface area contributed by atoms with Crippen LogP contribution in [0.1, 0.15) is 33.0 Å². The number of sulfonamides is 1. The van der Waals surface area contributed by atoms with Gasteiger partial charge in [0, 0.05) is 61.7 Å². The molecule has 1 aliphatic rings. The first kappa shape index (κ1) is 31.0. The average Bonchev–Trinajstić information content (AvgIpc) is 3.70. The highest BCUT2D eigenvalue weighted by molar-refractivity contribution is 7.88. The van der Waals surface area contributed by atoms with Crippen LogP contribution < -0.4 is 15.4 Å². The first-order valence-corrected chi connectivity index (χ1v) is 17.5. The predicted molar refractivity (Wildman–Crippen MR) is 177 cm³/mol. The number of hydrogen-bond donors (Lipinski definition) is 2. The normalized spacial score (nSPS) is 15.1. The summed E-state index contributed by atoms with van der Waals surface area (Å²) in [5.74, 6) is 1.87. The minimum Gasteiger partial charge on any atom is -0.493 e. The van der Waals surface area contributed by atoms with Gasteiger partial charge in [-0.3, -0.25) is 9.72 Å². The van der Waals surface area contributed by atoms with Crippen LogP contribution in [0.4, 0.5) is 16.3 Å². The summed E-state index contributed by atoms with van der Waals surface area (Å²) >= 11 is 1.60. The van der Waals surface area contributed by atoms with E-state index in [0.29, 0.717) is 37.0 Å². The van der Waals surface area contributed by atoms with Crippen molar-refractivity contribution in [3.8, 4) is 17.0 Å². The number of aromatic nitrogens is 3. The lowest BCUT2D eigenvalue weighted by Gasteiger charge is -2.33. The molecular formula is C31H37N7O5S2. The van der Waals surface area contributed by atoms with E-state index < -0.39 is 16.1 Å². The van der Waals surface area contributed by atoms with E-state index in [9.17, 15) is 13.2 Å². The first-order valence-electron chi connectivity index (χ1n) is 14.8. The molecule has 2 amide bonds. The minimum absolute atomic E-state index is 0.200. The summed E-state index contributed by atoms with van der Waals surface area (Å²) < 4.78 is 39.5. The van der Waals surface area contributed by atoms with E-state index in [0.717, 1.165) is 58.2 Å². The van der Waals surface area contributed by atoms with Gasteiger partial charge in [0.1, 0.15) is 11.5 Å². The Hall–Kier alpha value is -3.98. The maximum Gasteiger partial charge on any atom is 0.324 e. The van der Waals surface area contributed by atoms with Gasteiger partial charge < -0.3 is 19.5 Å². The number of ether oxygens (including phenoxy) is 1. The molecule has 238 valence electrons. The van der Waals surface area contributed by atoms with Crippen molar-refractivity contribution in [2.24, 2.45) is 0 Å². The summed E-state index contributed by atoms with van der Waals surface area (Å²) in [7, 11) is -3.11. The molecule has 0 bridgehead atoms. The molecule has 12 nitrogen and oxygen atoms in total. The number of fused-ring (bicyclic) bond motifs is 3. The number of hydrogen-bond acceptors (Lipinski definition) is 9. The van der Waals surface area contributed by atoms with E-state index in [1.54, 1.807) is 17.4 Å². The van der Waals surface area contributed by atoms with Gasteiger partial charge in [-0.25, -0.2) is 18.2 Å². The molecule has 1 fully saturated rings. The van der Waals surface area contributed by atoms with Crippen LogP contribution in [0, 0.1) is 0 Å². The monoisotopic (exact) mass is 651 g/mol. The maximum atomic E-state index is 12.5. The summed E-state index contributed by atoms with van der Waals surface area (Å²) in [4.78, 5) is 20.5. The zero-order valence-electron chi connectivity index (χ0n) is 25.7.